The molecule has 1 aliphatic rings. The molecule has 5 aromatic rings. The van der Waals surface area contributed by atoms with Gasteiger partial charge in [0.15, 0.2) is 0 Å². The second-order valence-corrected chi connectivity index (χ2v) is 18.8. The van der Waals surface area contributed by atoms with E-state index >= 15 is 0 Å². The summed E-state index contributed by atoms with van der Waals surface area (Å²) in [6.45, 7) is 25.0. The first-order valence-electron chi connectivity index (χ1n) is 19.2. The summed E-state index contributed by atoms with van der Waals surface area (Å²) in [7, 11) is 0. The molecule has 1 atom stereocenters. The van der Waals surface area contributed by atoms with Crippen LogP contribution in [0.3, 0.4) is 0 Å². The molecule has 0 saturated carbocycles. The van der Waals surface area contributed by atoms with Gasteiger partial charge in [0.05, 0.1) is 0 Å². The second kappa shape index (κ2) is 19.7. The standard InChI is InChI=1S/C21H25.C15H8F6.C13H21.2ClH.Zr/c1-20(2,3)16-9-7-14-11-15-8-10-17(21(4,5)6)13-19(15)18(14)12-16;16-14(17,18)12-5-1-3-10(8-12)7-11-4-2-6-13(9-11)15(19,20)21;1-6-10-8-11(7-2)12(9-10)13(3,4)5;;;/h7-13H,1-6H3;1-6,8-9H;9-10H,6-7H2,1-5H3;2*1H;/q-1;;-1;;;+2/p-2. The van der Waals surface area contributed by atoms with Gasteiger partial charge in [0, 0.05) is 0 Å². The van der Waals surface area contributed by atoms with Crippen molar-refractivity contribution in [2.45, 2.75) is 112 Å². The first-order chi connectivity index (χ1) is 25.7. The smallest absolute Gasteiger partial charge is 1.00 e. The Hall–Kier alpha value is -2.86. The van der Waals surface area contributed by atoms with Gasteiger partial charge in [0.1, 0.15) is 0 Å². The molecule has 0 amide bonds. The maximum Gasteiger partial charge on any atom is -1.00 e. The van der Waals surface area contributed by atoms with Crippen molar-refractivity contribution in [1.29, 1.82) is 0 Å². The van der Waals surface area contributed by atoms with E-state index in [4.69, 9.17) is 0 Å². The summed E-state index contributed by atoms with van der Waals surface area (Å²) >= 11 is 0.729. The van der Waals surface area contributed by atoms with E-state index in [0.717, 1.165) is 54.9 Å². The summed E-state index contributed by atoms with van der Waals surface area (Å²) in [4.78, 5) is 0. The second-order valence-electron chi connectivity index (χ2n) is 17.6. The van der Waals surface area contributed by atoms with Crippen LogP contribution in [0.5, 0.6) is 0 Å². The van der Waals surface area contributed by atoms with Crippen LogP contribution in [0.4, 0.5) is 26.3 Å². The fraction of sp³-hybridized carbons (Fsp3) is 0.388. The van der Waals surface area contributed by atoms with Crippen molar-refractivity contribution in [2.75, 3.05) is 0 Å². The van der Waals surface area contributed by atoms with E-state index in [1.165, 1.54) is 74.5 Å². The molecule has 0 fully saturated rings. The zero-order valence-corrected chi connectivity index (χ0v) is 39.2. The first-order valence-corrected chi connectivity index (χ1v) is 20.4. The van der Waals surface area contributed by atoms with E-state index in [1.807, 2.05) is 0 Å². The molecule has 0 saturated heterocycles. The topological polar surface area (TPSA) is 0 Å². The predicted octanol–water partition coefficient (Wildman–Crippen LogP) is 9.29. The van der Waals surface area contributed by atoms with Crippen LogP contribution in [0.25, 0.3) is 21.5 Å². The molecular weight excluding hydrogens is 865 g/mol. The molecule has 9 heteroatoms. The summed E-state index contributed by atoms with van der Waals surface area (Å²) in [6, 6.07) is 25.3. The SMILES string of the molecule is CC(C)(C)c1ccc2[cH-]c3ccc(C(C)(C)C)cc3c2c1.CCC1=[C-]C(CC)C=C1C(C)(C)C.FC(F)(F)c1cccc([C](=[Zr+2])c2cccc(C(F)(F)F)c2)c1.[Cl-].[Cl-]. The van der Waals surface area contributed by atoms with Gasteiger partial charge in [0.25, 0.3) is 0 Å². The number of hydrogen-bond donors (Lipinski definition) is 0. The Morgan fingerprint density at radius 2 is 1.00 bits per heavy atom. The van der Waals surface area contributed by atoms with Gasteiger partial charge in [-0.2, -0.15) is 11.6 Å². The quantitative estimate of drug-likeness (QED) is 0.125. The summed E-state index contributed by atoms with van der Waals surface area (Å²) in [6.07, 6.45) is -0.691. The number of allylic oxidation sites excluding steroid dienone is 4. The fourth-order valence-corrected chi connectivity index (χ4v) is 7.42. The zero-order chi connectivity index (χ0) is 42.0. The number of halogens is 8. The van der Waals surface area contributed by atoms with Gasteiger partial charge in [-0.05, 0) is 10.8 Å². The monoisotopic (exact) mass is 916 g/mol. The minimum Gasteiger partial charge on any atom is -1.00 e. The molecule has 0 heterocycles. The van der Waals surface area contributed by atoms with Crippen molar-refractivity contribution in [3.8, 4) is 0 Å². The number of fused-ring (bicyclic) bond motifs is 3. The van der Waals surface area contributed by atoms with Gasteiger partial charge in [0.2, 0.25) is 0 Å². The molecule has 0 bridgehead atoms. The van der Waals surface area contributed by atoms with Gasteiger partial charge in [-0.15, -0.1) is 39.7 Å². The van der Waals surface area contributed by atoms with Crippen LogP contribution in [0.1, 0.15) is 122 Å². The van der Waals surface area contributed by atoms with Crippen molar-refractivity contribution in [2.24, 2.45) is 11.3 Å². The van der Waals surface area contributed by atoms with Crippen molar-refractivity contribution in [3.63, 3.8) is 0 Å². The molecule has 0 aromatic heterocycles. The summed E-state index contributed by atoms with van der Waals surface area (Å²) in [5.74, 6) is 0.573. The molecule has 0 N–H and O–H groups in total. The number of benzene rings is 4. The zero-order valence-electron chi connectivity index (χ0n) is 35.3. The summed E-state index contributed by atoms with van der Waals surface area (Å²) in [5.41, 5.74) is 5.35. The Kier molecular flexibility index (Phi) is 17.4. The van der Waals surface area contributed by atoms with Crippen molar-refractivity contribution in [3.05, 3.63) is 148 Å². The number of rotatable bonds is 4. The maximum atomic E-state index is 12.7. The Bertz CT molecular complexity index is 2100. The third-order valence-electron chi connectivity index (χ3n) is 10.1. The van der Waals surface area contributed by atoms with Gasteiger partial charge in [-0.1, -0.05) is 136 Å². The predicted molar refractivity (Wildman–Crippen MR) is 219 cm³/mol. The van der Waals surface area contributed by atoms with Gasteiger partial charge < -0.3 is 24.8 Å². The Morgan fingerprint density at radius 3 is 1.31 bits per heavy atom. The van der Waals surface area contributed by atoms with Crippen LogP contribution < -0.4 is 24.8 Å². The van der Waals surface area contributed by atoms with Crippen LogP contribution in [-0.4, -0.2) is 3.21 Å². The molecule has 1 unspecified atom stereocenters. The molecule has 312 valence electrons. The Morgan fingerprint density at radius 1 is 0.586 bits per heavy atom. The van der Waals surface area contributed by atoms with E-state index in [1.54, 1.807) is 0 Å². The molecule has 58 heavy (non-hydrogen) atoms. The molecular formula is C49H54Cl2F6Zr-2. The summed E-state index contributed by atoms with van der Waals surface area (Å²) in [5, 5.41) is 5.49. The molecule has 0 radical (unpaired) electrons. The van der Waals surface area contributed by atoms with Crippen LogP contribution in [0.2, 0.25) is 0 Å². The van der Waals surface area contributed by atoms with Gasteiger partial charge >= 0.3 is 137 Å². The fourth-order valence-electron chi connectivity index (χ4n) is 6.66. The van der Waals surface area contributed by atoms with Crippen LogP contribution in [-0.2, 0) is 47.4 Å². The molecule has 0 spiro atoms. The third kappa shape index (κ3) is 13.1. The van der Waals surface area contributed by atoms with Crippen LogP contribution in [0.15, 0.2) is 108 Å². The number of hydrogen-bond acceptors (Lipinski definition) is 0. The average molecular weight is 919 g/mol. The van der Waals surface area contributed by atoms with Crippen molar-refractivity contribution < 1.29 is 75.4 Å². The Balaban J connectivity index is 0.000000305. The molecule has 6 rings (SSSR count). The molecule has 0 nitrogen and oxygen atoms in total. The third-order valence-corrected chi connectivity index (χ3v) is 11.5. The van der Waals surface area contributed by atoms with Crippen molar-refractivity contribution in [1.82, 2.24) is 0 Å². The number of alkyl halides is 6. The van der Waals surface area contributed by atoms with E-state index in [9.17, 15) is 26.3 Å². The first kappa shape index (κ1) is 51.3. The van der Waals surface area contributed by atoms with E-state index < -0.39 is 23.5 Å². The minimum absolute atomic E-state index is 0. The van der Waals surface area contributed by atoms with E-state index in [-0.39, 0.29) is 46.8 Å². The van der Waals surface area contributed by atoms with Crippen molar-refractivity contribution >= 4 is 24.8 Å². The average Bonchev–Trinajstić information content (AvgIpc) is 3.72. The van der Waals surface area contributed by atoms with Crippen LogP contribution in [0, 0.1) is 17.4 Å². The van der Waals surface area contributed by atoms with Gasteiger partial charge in [-0.3, -0.25) is 6.08 Å². The normalized spacial score (nSPS) is 14.6. The Labute approximate surface area is 369 Å². The van der Waals surface area contributed by atoms with Gasteiger partial charge in [-0.25, -0.2) is 5.57 Å². The molecule has 1 aliphatic carbocycles. The molecule has 0 aliphatic heterocycles. The van der Waals surface area contributed by atoms with E-state index in [2.05, 4.69) is 131 Å². The molecule has 5 aromatic carbocycles. The van der Waals surface area contributed by atoms with E-state index in [0.29, 0.717) is 14.5 Å². The minimum atomic E-state index is -4.49. The van der Waals surface area contributed by atoms with Crippen LogP contribution >= 0.6 is 0 Å². The maximum absolute atomic E-state index is 12.7. The summed E-state index contributed by atoms with van der Waals surface area (Å²) < 4.78 is 76.7. The largest absolute Gasteiger partial charge is 1.00 e.